The van der Waals surface area contributed by atoms with E-state index in [0.29, 0.717) is 17.8 Å². The summed E-state index contributed by atoms with van der Waals surface area (Å²) < 4.78 is 52.4. The van der Waals surface area contributed by atoms with E-state index in [-0.39, 0.29) is 5.75 Å². The van der Waals surface area contributed by atoms with Crippen molar-refractivity contribution in [2.45, 2.75) is 20.3 Å². The van der Waals surface area contributed by atoms with Crippen molar-refractivity contribution >= 4 is 25.9 Å². The zero-order valence-electron chi connectivity index (χ0n) is 14.6. The number of nitrogens with zero attached hydrogens (tertiary/aromatic N) is 3. The van der Waals surface area contributed by atoms with Gasteiger partial charge in [0.15, 0.2) is 0 Å². The largest absolute Gasteiger partial charge is 0.308 e. The number of nitrogens with one attached hydrogen (secondary N) is 1. The van der Waals surface area contributed by atoms with Gasteiger partial charge in [0, 0.05) is 26.7 Å². The summed E-state index contributed by atoms with van der Waals surface area (Å²) in [5.41, 5.74) is 2.71. The van der Waals surface area contributed by atoms with Crippen LogP contribution < -0.4 is 4.72 Å². The normalized spacial score (nSPS) is 12.5. The lowest BCUT2D eigenvalue weighted by Gasteiger charge is -2.11. The van der Waals surface area contributed by atoms with Gasteiger partial charge in [0.25, 0.3) is 0 Å². The molecule has 1 aromatic carbocycles. The minimum Gasteiger partial charge on any atom is -0.283 e. The molecule has 0 saturated heterocycles. The topological polar surface area (TPSA) is 101 Å². The lowest BCUT2D eigenvalue weighted by Crippen LogP contribution is -2.27. The van der Waals surface area contributed by atoms with Crippen LogP contribution in [0.15, 0.2) is 30.7 Å². The Hall–Kier alpha value is -1.91. The molecular formula is C15H22N4O4S2. The van der Waals surface area contributed by atoms with Crippen LogP contribution in [0.4, 0.5) is 5.69 Å². The van der Waals surface area contributed by atoms with Crippen molar-refractivity contribution in [3.63, 3.8) is 0 Å². The van der Waals surface area contributed by atoms with Gasteiger partial charge in [0.05, 0.1) is 17.1 Å². The summed E-state index contributed by atoms with van der Waals surface area (Å²) in [5, 5.41) is 0. The number of anilines is 1. The second-order valence-corrected chi connectivity index (χ2v) is 9.88. The van der Waals surface area contributed by atoms with E-state index in [1.165, 1.54) is 26.6 Å². The number of rotatable bonds is 7. The molecule has 0 aliphatic carbocycles. The molecule has 0 unspecified atom stereocenters. The van der Waals surface area contributed by atoms with Gasteiger partial charge in [0.1, 0.15) is 6.33 Å². The number of aryl methyl sites for hydroxylation is 1. The Bertz CT molecular complexity index is 963. The zero-order chi connectivity index (χ0) is 18.8. The van der Waals surface area contributed by atoms with Crippen molar-refractivity contribution < 1.29 is 16.8 Å². The van der Waals surface area contributed by atoms with Crippen molar-refractivity contribution in [2.75, 3.05) is 24.6 Å². The second kappa shape index (κ2) is 7.14. The summed E-state index contributed by atoms with van der Waals surface area (Å²) in [4.78, 5) is 4.12. The van der Waals surface area contributed by atoms with Crippen LogP contribution in [0.25, 0.3) is 0 Å². The first-order chi connectivity index (χ1) is 11.5. The van der Waals surface area contributed by atoms with Gasteiger partial charge in [0.2, 0.25) is 10.0 Å². The maximum Gasteiger partial charge on any atom is 0.308 e. The molecule has 0 bridgehead atoms. The number of imidazole rings is 1. The van der Waals surface area contributed by atoms with E-state index in [4.69, 9.17) is 0 Å². The Labute approximate surface area is 148 Å². The Morgan fingerprint density at radius 1 is 1.20 bits per heavy atom. The standard InChI is InChI=1S/C15H22N4O4S2/c1-5-24(20,21)17-15-9-13(7-6-12(15)2)8-14-10-19(11-16-14)25(22,23)18(3)4/h6-7,9-11,17H,5,8H2,1-4H3. The minimum atomic E-state index is -3.59. The predicted molar refractivity (Wildman–Crippen MR) is 97.3 cm³/mol. The van der Waals surface area contributed by atoms with E-state index in [1.54, 1.807) is 13.0 Å². The Morgan fingerprint density at radius 2 is 1.88 bits per heavy atom. The number of aromatic nitrogens is 2. The van der Waals surface area contributed by atoms with Gasteiger partial charge in [-0.25, -0.2) is 17.4 Å². The average Bonchev–Trinajstić information content (AvgIpc) is 2.99. The Balaban J connectivity index is 2.26. The highest BCUT2D eigenvalue weighted by Gasteiger charge is 2.17. The van der Waals surface area contributed by atoms with E-state index in [0.717, 1.165) is 19.4 Å². The van der Waals surface area contributed by atoms with Gasteiger partial charge in [-0.1, -0.05) is 12.1 Å². The zero-order valence-corrected chi connectivity index (χ0v) is 16.2. The van der Waals surface area contributed by atoms with Gasteiger partial charge in [-0.2, -0.15) is 12.7 Å². The molecule has 0 saturated carbocycles. The molecule has 8 nitrogen and oxygen atoms in total. The van der Waals surface area contributed by atoms with Gasteiger partial charge in [-0.05, 0) is 31.0 Å². The van der Waals surface area contributed by atoms with E-state index in [9.17, 15) is 16.8 Å². The van der Waals surface area contributed by atoms with Crippen LogP contribution in [-0.2, 0) is 26.7 Å². The lowest BCUT2D eigenvalue weighted by atomic mass is 10.1. The van der Waals surface area contributed by atoms with Crippen LogP contribution in [0.1, 0.15) is 23.7 Å². The van der Waals surface area contributed by atoms with Gasteiger partial charge >= 0.3 is 10.2 Å². The maximum absolute atomic E-state index is 12.1. The highest BCUT2D eigenvalue weighted by Crippen LogP contribution is 2.20. The van der Waals surface area contributed by atoms with Gasteiger partial charge in [-0.3, -0.25) is 4.72 Å². The van der Waals surface area contributed by atoms with Crippen molar-refractivity contribution in [2.24, 2.45) is 0 Å². The first kappa shape index (κ1) is 19.4. The lowest BCUT2D eigenvalue weighted by molar-refractivity contribution is 0.510. The number of sulfonamides is 1. The molecule has 1 heterocycles. The van der Waals surface area contributed by atoms with Crippen LogP contribution in [0.2, 0.25) is 0 Å². The highest BCUT2D eigenvalue weighted by atomic mass is 32.2. The number of benzene rings is 1. The average molecular weight is 386 g/mol. The van der Waals surface area contributed by atoms with Crippen LogP contribution in [0, 0.1) is 6.92 Å². The Kier molecular flexibility index (Phi) is 5.55. The fourth-order valence-corrected chi connectivity index (χ4v) is 3.59. The summed E-state index contributed by atoms with van der Waals surface area (Å²) in [5.74, 6) is -0.0104. The van der Waals surface area contributed by atoms with Crippen molar-refractivity contribution in [1.82, 2.24) is 13.3 Å². The quantitative estimate of drug-likeness (QED) is 0.770. The monoisotopic (exact) mass is 386 g/mol. The third kappa shape index (κ3) is 4.59. The Morgan fingerprint density at radius 3 is 2.48 bits per heavy atom. The number of hydrogen-bond acceptors (Lipinski definition) is 5. The van der Waals surface area contributed by atoms with Gasteiger partial charge in [-0.15, -0.1) is 0 Å². The molecule has 25 heavy (non-hydrogen) atoms. The highest BCUT2D eigenvalue weighted by molar-refractivity contribution is 7.92. The summed E-state index contributed by atoms with van der Waals surface area (Å²) in [6, 6.07) is 5.41. The molecule has 0 aliphatic rings. The molecule has 1 N–H and O–H groups in total. The van der Waals surface area contributed by atoms with E-state index < -0.39 is 20.2 Å². The van der Waals surface area contributed by atoms with E-state index >= 15 is 0 Å². The fraction of sp³-hybridized carbons (Fsp3) is 0.400. The molecule has 2 rings (SSSR count). The summed E-state index contributed by atoms with van der Waals surface area (Å²) in [6.45, 7) is 3.38. The van der Waals surface area contributed by atoms with E-state index in [1.807, 2.05) is 19.1 Å². The SMILES string of the molecule is CCS(=O)(=O)Nc1cc(Cc2cn(S(=O)(=O)N(C)C)cn2)ccc1C. The van der Waals surface area contributed by atoms with Crippen LogP contribution in [0.5, 0.6) is 0 Å². The van der Waals surface area contributed by atoms with Crippen molar-refractivity contribution in [3.05, 3.63) is 47.5 Å². The van der Waals surface area contributed by atoms with E-state index in [2.05, 4.69) is 9.71 Å². The maximum atomic E-state index is 12.1. The van der Waals surface area contributed by atoms with Crippen LogP contribution in [0.3, 0.4) is 0 Å². The fourth-order valence-electron chi connectivity index (χ4n) is 2.09. The van der Waals surface area contributed by atoms with Crippen LogP contribution >= 0.6 is 0 Å². The molecule has 0 atom stereocenters. The molecule has 138 valence electrons. The molecule has 0 aliphatic heterocycles. The minimum absolute atomic E-state index is 0.0104. The molecule has 0 amide bonds. The van der Waals surface area contributed by atoms with Crippen molar-refractivity contribution in [1.29, 1.82) is 0 Å². The predicted octanol–water partition coefficient (Wildman–Crippen LogP) is 1.20. The summed E-state index contributed by atoms with van der Waals surface area (Å²) in [7, 11) is -4.07. The molecule has 0 spiro atoms. The van der Waals surface area contributed by atoms with Crippen LogP contribution in [-0.4, -0.2) is 49.9 Å². The third-order valence-corrected chi connectivity index (χ3v) is 6.62. The smallest absolute Gasteiger partial charge is 0.283 e. The van der Waals surface area contributed by atoms with Gasteiger partial charge < -0.3 is 0 Å². The molecule has 10 heteroatoms. The third-order valence-electron chi connectivity index (χ3n) is 3.67. The van der Waals surface area contributed by atoms with Crippen molar-refractivity contribution in [3.8, 4) is 0 Å². The molecular weight excluding hydrogens is 364 g/mol. The number of hydrogen-bond donors (Lipinski definition) is 1. The molecule has 0 fully saturated rings. The molecule has 2 aromatic rings. The summed E-state index contributed by atoms with van der Waals surface area (Å²) >= 11 is 0. The second-order valence-electron chi connectivity index (χ2n) is 5.82. The molecule has 1 aromatic heterocycles. The molecule has 0 radical (unpaired) electrons. The summed E-state index contributed by atoms with van der Waals surface area (Å²) in [6.07, 6.45) is 3.09. The first-order valence-electron chi connectivity index (χ1n) is 7.61. The first-order valence-corrected chi connectivity index (χ1v) is 10.7.